The molecule has 3 aromatic carbocycles. The average Bonchev–Trinajstić information content (AvgIpc) is 3.39. The number of carboxylic acids is 1. The summed E-state index contributed by atoms with van der Waals surface area (Å²) in [5.74, 6) is -1.70. The zero-order valence-electron chi connectivity index (χ0n) is 26.1. The van der Waals surface area contributed by atoms with E-state index in [1.807, 2.05) is 0 Å². The lowest BCUT2D eigenvalue weighted by atomic mass is 10.1. The van der Waals surface area contributed by atoms with Gasteiger partial charge in [-0.05, 0) is 54.4 Å². The van der Waals surface area contributed by atoms with Crippen molar-refractivity contribution in [1.29, 1.82) is 0 Å². The summed E-state index contributed by atoms with van der Waals surface area (Å²) in [4.78, 5) is 33.7. The standard InChI is InChI=1S/C35H34F2N4O6/c1-21-7-8-25(26(36)15-21)20-47-33-6-4-5-28(40-33)23-10-9-22(27(37)16-23)18-32-39-29-12-11-24(35(43)44)17-30(29)41(32)19-31(46-3)34(42)38-13-14-45-2/h4-12,15-17,31H,13-14,18-20H2,1-3H3,(H,38,42)(H,43,44)/t31-/m1/s1. The van der Waals surface area contributed by atoms with E-state index in [1.165, 1.54) is 38.5 Å². The Hall–Kier alpha value is -5.20. The smallest absolute Gasteiger partial charge is 0.335 e. The zero-order valence-corrected chi connectivity index (χ0v) is 26.1. The van der Waals surface area contributed by atoms with Gasteiger partial charge in [-0.3, -0.25) is 4.79 Å². The molecular formula is C35H34F2N4O6. The molecule has 0 spiro atoms. The van der Waals surface area contributed by atoms with E-state index >= 15 is 4.39 Å². The number of aromatic carboxylic acids is 1. The first-order chi connectivity index (χ1) is 22.7. The topological polar surface area (TPSA) is 125 Å². The highest BCUT2D eigenvalue weighted by Gasteiger charge is 2.23. The van der Waals surface area contributed by atoms with Gasteiger partial charge in [-0.15, -0.1) is 0 Å². The number of hydrogen-bond acceptors (Lipinski definition) is 7. The lowest BCUT2D eigenvalue weighted by molar-refractivity contribution is -0.131. The van der Waals surface area contributed by atoms with Crippen molar-refractivity contribution in [3.63, 3.8) is 0 Å². The number of imidazole rings is 1. The predicted molar refractivity (Wildman–Crippen MR) is 170 cm³/mol. The fourth-order valence-corrected chi connectivity index (χ4v) is 5.06. The van der Waals surface area contributed by atoms with Gasteiger partial charge in [0.15, 0.2) is 6.10 Å². The maximum Gasteiger partial charge on any atom is 0.335 e. The molecule has 1 atom stereocenters. The molecule has 0 aliphatic carbocycles. The van der Waals surface area contributed by atoms with Crippen LogP contribution in [0.4, 0.5) is 8.78 Å². The second-order valence-electron chi connectivity index (χ2n) is 10.9. The minimum atomic E-state index is -1.12. The number of halogens is 2. The third-order valence-corrected chi connectivity index (χ3v) is 7.61. The Morgan fingerprint density at radius 1 is 0.957 bits per heavy atom. The Morgan fingerprint density at radius 3 is 2.47 bits per heavy atom. The highest BCUT2D eigenvalue weighted by atomic mass is 19.1. The number of aromatic nitrogens is 3. The Kier molecular flexibility index (Phi) is 10.5. The van der Waals surface area contributed by atoms with Crippen LogP contribution in [0.3, 0.4) is 0 Å². The number of aryl methyl sites for hydroxylation is 1. The number of amides is 1. The van der Waals surface area contributed by atoms with Crippen molar-refractivity contribution in [2.45, 2.75) is 32.6 Å². The van der Waals surface area contributed by atoms with Gasteiger partial charge >= 0.3 is 5.97 Å². The second kappa shape index (κ2) is 14.9. The van der Waals surface area contributed by atoms with E-state index in [2.05, 4.69) is 15.3 Å². The van der Waals surface area contributed by atoms with Crippen LogP contribution in [0.25, 0.3) is 22.3 Å². The molecule has 0 saturated carbocycles. The SMILES string of the molecule is COCCNC(=O)[C@@H](Cn1c(Cc2ccc(-c3cccc(OCc4ccc(C)cc4F)n3)cc2F)nc2ccc(C(=O)O)cc21)OC. The summed E-state index contributed by atoms with van der Waals surface area (Å²) < 4.78 is 47.7. The molecule has 0 unspecified atom stereocenters. The van der Waals surface area contributed by atoms with Gasteiger partial charge in [0.05, 0.1) is 35.4 Å². The van der Waals surface area contributed by atoms with E-state index in [-0.39, 0.29) is 49.3 Å². The largest absolute Gasteiger partial charge is 0.478 e. The summed E-state index contributed by atoms with van der Waals surface area (Å²) in [5.41, 5.74) is 3.50. The molecule has 2 N–H and O–H groups in total. The molecule has 2 heterocycles. The molecule has 244 valence electrons. The van der Waals surface area contributed by atoms with E-state index in [9.17, 15) is 19.1 Å². The predicted octanol–water partition coefficient (Wildman–Crippen LogP) is 5.33. The first-order valence-electron chi connectivity index (χ1n) is 14.8. The normalized spacial score (nSPS) is 11.9. The minimum absolute atomic E-state index is 0.00707. The van der Waals surface area contributed by atoms with Gasteiger partial charge in [0, 0.05) is 44.4 Å². The molecule has 47 heavy (non-hydrogen) atoms. The molecule has 0 aliphatic heterocycles. The molecule has 0 radical (unpaired) electrons. The van der Waals surface area contributed by atoms with Crippen molar-refractivity contribution >= 4 is 22.9 Å². The van der Waals surface area contributed by atoms with Crippen LogP contribution in [-0.4, -0.2) is 65.0 Å². The number of nitrogens with one attached hydrogen (secondary N) is 1. The number of ether oxygens (including phenoxy) is 3. The maximum atomic E-state index is 15.6. The third kappa shape index (κ3) is 7.97. The molecule has 10 nitrogen and oxygen atoms in total. The molecule has 5 aromatic rings. The Labute approximate surface area is 269 Å². The molecule has 0 saturated heterocycles. The number of hydrogen-bond donors (Lipinski definition) is 2. The van der Waals surface area contributed by atoms with Gasteiger partial charge in [-0.25, -0.2) is 23.5 Å². The maximum absolute atomic E-state index is 15.6. The van der Waals surface area contributed by atoms with Crippen molar-refractivity contribution in [2.24, 2.45) is 0 Å². The summed E-state index contributed by atoms with van der Waals surface area (Å²) in [7, 11) is 2.92. The van der Waals surface area contributed by atoms with Gasteiger partial charge in [0.25, 0.3) is 5.91 Å². The molecule has 0 bridgehead atoms. The van der Waals surface area contributed by atoms with Crippen LogP contribution in [0.1, 0.15) is 32.9 Å². The lowest BCUT2D eigenvalue weighted by Crippen LogP contribution is -2.40. The number of nitrogens with zero attached hydrogens (tertiary/aromatic N) is 3. The number of benzene rings is 3. The first-order valence-corrected chi connectivity index (χ1v) is 14.8. The van der Waals surface area contributed by atoms with E-state index in [4.69, 9.17) is 14.2 Å². The monoisotopic (exact) mass is 644 g/mol. The van der Waals surface area contributed by atoms with Crippen molar-refractivity contribution in [1.82, 2.24) is 19.9 Å². The van der Waals surface area contributed by atoms with Crippen LogP contribution in [0.5, 0.6) is 5.88 Å². The third-order valence-electron chi connectivity index (χ3n) is 7.61. The van der Waals surface area contributed by atoms with Crippen molar-refractivity contribution < 1.29 is 37.7 Å². The average molecular weight is 645 g/mol. The number of carbonyl (C=O) groups is 2. The summed E-state index contributed by atoms with van der Waals surface area (Å²) in [6.45, 7) is 2.40. The van der Waals surface area contributed by atoms with Crippen LogP contribution in [0.2, 0.25) is 0 Å². The Bertz CT molecular complexity index is 1910. The molecule has 0 aliphatic rings. The quantitative estimate of drug-likeness (QED) is 0.156. The van der Waals surface area contributed by atoms with Crippen molar-refractivity contribution in [2.75, 3.05) is 27.4 Å². The Morgan fingerprint density at radius 2 is 1.74 bits per heavy atom. The van der Waals surface area contributed by atoms with E-state index in [1.54, 1.807) is 60.0 Å². The Balaban J connectivity index is 1.39. The minimum Gasteiger partial charge on any atom is -0.478 e. The number of methoxy groups -OCH3 is 2. The van der Waals surface area contributed by atoms with Gasteiger partial charge in [0.1, 0.15) is 24.1 Å². The summed E-state index contributed by atoms with van der Waals surface area (Å²) in [6, 6.07) is 19.2. The van der Waals surface area contributed by atoms with Crippen molar-refractivity contribution in [3.8, 4) is 17.1 Å². The highest BCUT2D eigenvalue weighted by Crippen LogP contribution is 2.26. The summed E-state index contributed by atoms with van der Waals surface area (Å²) >= 11 is 0. The molecule has 0 fully saturated rings. The van der Waals surface area contributed by atoms with E-state index in [0.717, 1.165) is 5.56 Å². The lowest BCUT2D eigenvalue weighted by Gasteiger charge is -2.18. The number of carbonyl (C=O) groups excluding carboxylic acids is 1. The molecule has 2 aromatic heterocycles. The molecular weight excluding hydrogens is 610 g/mol. The van der Waals surface area contributed by atoms with Gasteiger partial charge in [0.2, 0.25) is 5.88 Å². The number of carboxylic acid groups (broad SMARTS) is 1. The van der Waals surface area contributed by atoms with Gasteiger partial charge in [-0.1, -0.05) is 30.3 Å². The van der Waals surface area contributed by atoms with Gasteiger partial charge in [-0.2, -0.15) is 0 Å². The zero-order chi connectivity index (χ0) is 33.5. The fraction of sp³-hybridized carbons (Fsp3) is 0.257. The molecule has 5 rings (SSSR count). The molecule has 12 heteroatoms. The van der Waals surface area contributed by atoms with Crippen molar-refractivity contribution in [3.05, 3.63) is 113 Å². The summed E-state index contributed by atoms with van der Waals surface area (Å²) in [6.07, 6.45) is -0.893. The molecule has 1 amide bonds. The van der Waals surface area contributed by atoms with E-state index < -0.39 is 17.9 Å². The van der Waals surface area contributed by atoms with Gasteiger partial charge < -0.3 is 29.2 Å². The highest BCUT2D eigenvalue weighted by molar-refractivity contribution is 5.92. The van der Waals surface area contributed by atoms with Crippen LogP contribution < -0.4 is 10.1 Å². The van der Waals surface area contributed by atoms with E-state index in [0.29, 0.717) is 45.8 Å². The number of fused-ring (bicyclic) bond motifs is 1. The van der Waals surface area contributed by atoms with Crippen LogP contribution in [-0.2, 0) is 33.8 Å². The first kappa shape index (κ1) is 33.2. The fourth-order valence-electron chi connectivity index (χ4n) is 5.06. The summed E-state index contributed by atoms with van der Waals surface area (Å²) in [5, 5.41) is 12.3. The number of pyridine rings is 1. The second-order valence-corrected chi connectivity index (χ2v) is 10.9. The van der Waals surface area contributed by atoms with Crippen LogP contribution in [0, 0.1) is 18.6 Å². The van der Waals surface area contributed by atoms with Crippen LogP contribution >= 0.6 is 0 Å². The van der Waals surface area contributed by atoms with Crippen LogP contribution in [0.15, 0.2) is 72.8 Å². The number of rotatable bonds is 14.